The smallest absolute Gasteiger partial charge is 0.132 e. The molecule has 1 N–H and O–H groups in total. The van der Waals surface area contributed by atoms with E-state index in [0.717, 1.165) is 11.3 Å². The zero-order valence-electron chi connectivity index (χ0n) is 9.89. The molecule has 2 rings (SSSR count). The molecule has 0 saturated carbocycles. The van der Waals surface area contributed by atoms with E-state index in [1.165, 1.54) is 0 Å². The van der Waals surface area contributed by atoms with E-state index in [0.29, 0.717) is 5.15 Å². The minimum atomic E-state index is -0.230. The number of nitrogens with zero attached hydrogens (tertiary/aromatic N) is 2. The minimum Gasteiger partial charge on any atom is -0.395 e. The molecule has 0 amide bonds. The number of aromatic nitrogens is 2. The van der Waals surface area contributed by atoms with Crippen LogP contribution in [0.1, 0.15) is 19.4 Å². The van der Waals surface area contributed by atoms with Gasteiger partial charge in [0, 0.05) is 5.41 Å². The normalized spacial score (nSPS) is 11.8. The van der Waals surface area contributed by atoms with Crippen LogP contribution in [-0.2, 0) is 5.41 Å². The van der Waals surface area contributed by atoms with Crippen molar-refractivity contribution in [2.45, 2.75) is 19.3 Å². The van der Waals surface area contributed by atoms with E-state index in [2.05, 4.69) is 5.10 Å². The van der Waals surface area contributed by atoms with Crippen molar-refractivity contribution in [2.24, 2.45) is 0 Å². The van der Waals surface area contributed by atoms with Crippen LogP contribution in [0.4, 0.5) is 0 Å². The number of aliphatic hydroxyl groups excluding tert-OH is 1. The van der Waals surface area contributed by atoms with Crippen molar-refractivity contribution in [3.63, 3.8) is 0 Å². The Morgan fingerprint density at radius 2 is 1.88 bits per heavy atom. The summed E-state index contributed by atoms with van der Waals surface area (Å²) in [6, 6.07) is 9.62. The summed E-state index contributed by atoms with van der Waals surface area (Å²) < 4.78 is 1.66. The molecule has 4 heteroatoms. The van der Waals surface area contributed by atoms with E-state index >= 15 is 0 Å². The van der Waals surface area contributed by atoms with Crippen LogP contribution in [-0.4, -0.2) is 21.5 Å². The second-order valence-electron chi connectivity index (χ2n) is 4.65. The molecule has 3 nitrogen and oxygen atoms in total. The van der Waals surface area contributed by atoms with E-state index in [1.54, 1.807) is 16.9 Å². The van der Waals surface area contributed by atoms with E-state index in [9.17, 15) is 5.11 Å². The van der Waals surface area contributed by atoms with Gasteiger partial charge in [0.25, 0.3) is 0 Å². The van der Waals surface area contributed by atoms with Crippen LogP contribution in [0.15, 0.2) is 36.5 Å². The summed E-state index contributed by atoms with van der Waals surface area (Å²) in [7, 11) is 0. The highest BCUT2D eigenvalue weighted by Gasteiger charge is 2.19. The van der Waals surface area contributed by atoms with Crippen LogP contribution < -0.4 is 0 Å². The summed E-state index contributed by atoms with van der Waals surface area (Å²) in [5, 5.41) is 14.0. The van der Waals surface area contributed by atoms with Crippen LogP contribution in [0.25, 0.3) is 5.69 Å². The van der Waals surface area contributed by atoms with Gasteiger partial charge in [-0.15, -0.1) is 0 Å². The third kappa shape index (κ3) is 2.35. The van der Waals surface area contributed by atoms with Crippen LogP contribution >= 0.6 is 11.6 Å². The maximum Gasteiger partial charge on any atom is 0.132 e. The van der Waals surface area contributed by atoms with Crippen molar-refractivity contribution in [3.05, 3.63) is 47.2 Å². The summed E-state index contributed by atoms with van der Waals surface area (Å²) >= 11 is 5.99. The zero-order valence-corrected chi connectivity index (χ0v) is 10.6. The number of benzene rings is 1. The molecule has 0 fully saturated rings. The summed E-state index contributed by atoms with van der Waals surface area (Å²) in [5.74, 6) is 0. The van der Waals surface area contributed by atoms with Crippen LogP contribution in [0, 0.1) is 0 Å². The minimum absolute atomic E-state index is 0.120. The van der Waals surface area contributed by atoms with Crippen molar-refractivity contribution < 1.29 is 5.11 Å². The number of halogens is 1. The average Bonchev–Trinajstić information content (AvgIpc) is 2.76. The fraction of sp³-hybridized carbons (Fsp3) is 0.308. The molecular formula is C13H15ClN2O. The van der Waals surface area contributed by atoms with Crippen molar-refractivity contribution in [2.75, 3.05) is 6.61 Å². The summed E-state index contributed by atoms with van der Waals surface area (Å²) in [4.78, 5) is 0. The largest absolute Gasteiger partial charge is 0.395 e. The number of rotatable bonds is 3. The lowest BCUT2D eigenvalue weighted by Gasteiger charge is -2.22. The van der Waals surface area contributed by atoms with E-state index in [1.807, 2.05) is 38.1 Å². The molecule has 0 aliphatic carbocycles. The van der Waals surface area contributed by atoms with Crippen molar-refractivity contribution in [1.29, 1.82) is 0 Å². The van der Waals surface area contributed by atoms with E-state index < -0.39 is 0 Å². The number of aliphatic hydroxyl groups is 1. The first-order valence-electron chi connectivity index (χ1n) is 5.46. The van der Waals surface area contributed by atoms with Crippen molar-refractivity contribution >= 4 is 11.6 Å². The highest BCUT2D eigenvalue weighted by atomic mass is 35.5. The monoisotopic (exact) mass is 250 g/mol. The molecule has 0 radical (unpaired) electrons. The van der Waals surface area contributed by atoms with Gasteiger partial charge in [0.1, 0.15) is 5.15 Å². The fourth-order valence-electron chi connectivity index (χ4n) is 1.62. The van der Waals surface area contributed by atoms with Gasteiger partial charge < -0.3 is 5.11 Å². The Morgan fingerprint density at radius 3 is 2.35 bits per heavy atom. The second-order valence-corrected chi connectivity index (χ2v) is 5.04. The third-order valence-electron chi connectivity index (χ3n) is 2.89. The Bertz CT molecular complexity index is 502. The predicted molar refractivity (Wildman–Crippen MR) is 68.7 cm³/mol. The van der Waals surface area contributed by atoms with Crippen LogP contribution in [0.2, 0.25) is 5.15 Å². The molecule has 1 heterocycles. The molecule has 0 spiro atoms. The third-order valence-corrected chi connectivity index (χ3v) is 3.17. The van der Waals surface area contributed by atoms with Gasteiger partial charge in [0.15, 0.2) is 0 Å². The van der Waals surface area contributed by atoms with Gasteiger partial charge in [-0.1, -0.05) is 37.6 Å². The molecule has 90 valence electrons. The molecule has 0 unspecified atom stereocenters. The Balaban J connectivity index is 2.34. The first kappa shape index (κ1) is 12.1. The first-order chi connectivity index (χ1) is 8.04. The lowest BCUT2D eigenvalue weighted by Crippen LogP contribution is -2.21. The topological polar surface area (TPSA) is 38.0 Å². The highest BCUT2D eigenvalue weighted by Crippen LogP contribution is 2.24. The molecule has 0 saturated heterocycles. The van der Waals surface area contributed by atoms with Gasteiger partial charge in [-0.2, -0.15) is 5.10 Å². The standard InChI is InChI=1S/C13H15ClN2O/c1-13(2,9-17)10-3-5-11(6-4-10)16-12(14)7-8-15-16/h3-8,17H,9H2,1-2H3. The van der Waals surface area contributed by atoms with E-state index in [4.69, 9.17) is 11.6 Å². The second kappa shape index (κ2) is 4.51. The molecule has 0 atom stereocenters. The molecule has 0 aliphatic heterocycles. The Hall–Kier alpha value is -1.32. The van der Waals surface area contributed by atoms with Gasteiger partial charge in [-0.3, -0.25) is 0 Å². The van der Waals surface area contributed by atoms with Crippen molar-refractivity contribution in [1.82, 2.24) is 9.78 Å². The average molecular weight is 251 g/mol. The van der Waals surface area contributed by atoms with Gasteiger partial charge in [0.05, 0.1) is 18.5 Å². The predicted octanol–water partition coefficient (Wildman–Crippen LogP) is 2.80. The fourth-order valence-corrected chi connectivity index (χ4v) is 1.82. The molecule has 2 aromatic rings. The Kier molecular flexibility index (Phi) is 3.22. The summed E-state index contributed by atoms with van der Waals surface area (Å²) in [5.41, 5.74) is 1.77. The lowest BCUT2D eigenvalue weighted by atomic mass is 9.86. The lowest BCUT2D eigenvalue weighted by molar-refractivity contribution is 0.218. The molecule has 0 bridgehead atoms. The van der Waals surface area contributed by atoms with Crippen LogP contribution in [0.3, 0.4) is 0 Å². The van der Waals surface area contributed by atoms with E-state index in [-0.39, 0.29) is 12.0 Å². The first-order valence-corrected chi connectivity index (χ1v) is 5.84. The molecular weight excluding hydrogens is 236 g/mol. The van der Waals surface area contributed by atoms with Gasteiger partial charge in [0.2, 0.25) is 0 Å². The molecule has 17 heavy (non-hydrogen) atoms. The maximum absolute atomic E-state index is 9.31. The SMILES string of the molecule is CC(C)(CO)c1ccc(-n2nccc2Cl)cc1. The maximum atomic E-state index is 9.31. The van der Waals surface area contributed by atoms with Gasteiger partial charge >= 0.3 is 0 Å². The van der Waals surface area contributed by atoms with Crippen LogP contribution in [0.5, 0.6) is 0 Å². The molecule has 1 aromatic carbocycles. The number of hydrogen-bond acceptors (Lipinski definition) is 2. The van der Waals surface area contributed by atoms with Gasteiger partial charge in [-0.25, -0.2) is 4.68 Å². The Morgan fingerprint density at radius 1 is 1.24 bits per heavy atom. The zero-order chi connectivity index (χ0) is 12.5. The molecule has 1 aromatic heterocycles. The van der Waals surface area contributed by atoms with Crippen molar-refractivity contribution in [3.8, 4) is 5.69 Å². The number of hydrogen-bond donors (Lipinski definition) is 1. The van der Waals surface area contributed by atoms with Gasteiger partial charge in [-0.05, 0) is 23.8 Å². The molecule has 0 aliphatic rings. The Labute approximate surface area is 106 Å². The quantitative estimate of drug-likeness (QED) is 0.910. The summed E-state index contributed by atoms with van der Waals surface area (Å²) in [6.07, 6.45) is 1.66. The highest BCUT2D eigenvalue weighted by molar-refractivity contribution is 6.29. The summed E-state index contributed by atoms with van der Waals surface area (Å²) in [6.45, 7) is 4.13.